The van der Waals surface area contributed by atoms with Crippen molar-refractivity contribution < 1.29 is 19.0 Å². The SMILES string of the molecule is COC(=O)C(C)(C)C1CCCc2ccc(OCc3ccc(Br)c(C(OC)C(C)(C)C)c3)cc21. The van der Waals surface area contributed by atoms with Crippen molar-refractivity contribution in [1.82, 2.24) is 0 Å². The summed E-state index contributed by atoms with van der Waals surface area (Å²) < 4.78 is 18.2. The van der Waals surface area contributed by atoms with Crippen LogP contribution >= 0.6 is 15.9 Å². The van der Waals surface area contributed by atoms with E-state index in [-0.39, 0.29) is 23.4 Å². The van der Waals surface area contributed by atoms with Crippen LogP contribution in [0, 0.1) is 10.8 Å². The maximum absolute atomic E-state index is 12.5. The quantitative estimate of drug-likeness (QED) is 0.360. The maximum atomic E-state index is 12.5. The van der Waals surface area contributed by atoms with Gasteiger partial charge in [-0.25, -0.2) is 0 Å². The molecule has 2 atom stereocenters. The Morgan fingerprint density at radius 3 is 2.45 bits per heavy atom. The fourth-order valence-corrected chi connectivity index (χ4v) is 5.47. The van der Waals surface area contributed by atoms with Crippen LogP contribution in [0.1, 0.15) is 81.7 Å². The average Bonchev–Trinajstić information content (AvgIpc) is 2.77. The number of methoxy groups -OCH3 is 2. The van der Waals surface area contributed by atoms with E-state index in [2.05, 4.69) is 67.0 Å². The van der Waals surface area contributed by atoms with Crippen molar-refractivity contribution in [2.75, 3.05) is 14.2 Å². The average molecular weight is 518 g/mol. The molecular weight excluding hydrogens is 480 g/mol. The molecule has 0 aromatic heterocycles. The van der Waals surface area contributed by atoms with Crippen LogP contribution in [0.3, 0.4) is 0 Å². The lowest BCUT2D eigenvalue weighted by atomic mass is 9.68. The van der Waals surface area contributed by atoms with Crippen molar-refractivity contribution in [3.05, 3.63) is 63.1 Å². The Balaban J connectivity index is 1.83. The molecule has 5 heteroatoms. The minimum atomic E-state index is -0.578. The standard InChI is InChI=1S/C28H37BrO4/c1-27(2,3)25(31-6)22-15-18(11-14-24(22)29)17-33-20-13-12-19-9-8-10-23(21(19)16-20)28(4,5)26(30)32-7/h11-16,23,25H,8-10,17H2,1-7H3. The van der Waals surface area contributed by atoms with Crippen LogP contribution in [-0.2, 0) is 27.3 Å². The van der Waals surface area contributed by atoms with Gasteiger partial charge in [0.25, 0.3) is 0 Å². The molecule has 0 radical (unpaired) electrons. The molecule has 0 N–H and O–H groups in total. The minimum Gasteiger partial charge on any atom is -0.489 e. The first-order valence-corrected chi connectivity index (χ1v) is 12.4. The second-order valence-corrected chi connectivity index (χ2v) is 11.5. The molecule has 1 aliphatic rings. The summed E-state index contributed by atoms with van der Waals surface area (Å²) in [6.45, 7) is 11.0. The van der Waals surface area contributed by atoms with E-state index < -0.39 is 5.41 Å². The number of aryl methyl sites for hydroxylation is 1. The minimum absolute atomic E-state index is 0.0307. The monoisotopic (exact) mass is 516 g/mol. The van der Waals surface area contributed by atoms with Gasteiger partial charge in [0, 0.05) is 11.6 Å². The summed E-state index contributed by atoms with van der Waals surface area (Å²) >= 11 is 3.69. The van der Waals surface area contributed by atoms with Gasteiger partial charge >= 0.3 is 5.97 Å². The summed E-state index contributed by atoms with van der Waals surface area (Å²) in [5.41, 5.74) is 4.11. The molecule has 0 fully saturated rings. The molecular formula is C28H37BrO4. The van der Waals surface area contributed by atoms with E-state index in [9.17, 15) is 4.79 Å². The molecule has 0 bridgehead atoms. The summed E-state index contributed by atoms with van der Waals surface area (Å²) in [4.78, 5) is 12.5. The molecule has 180 valence electrons. The Labute approximate surface area is 207 Å². The molecule has 0 saturated heterocycles. The van der Waals surface area contributed by atoms with Crippen molar-refractivity contribution in [2.45, 2.75) is 72.5 Å². The molecule has 2 aromatic carbocycles. The van der Waals surface area contributed by atoms with Gasteiger partial charge in [0.1, 0.15) is 12.4 Å². The third-order valence-corrected chi connectivity index (χ3v) is 7.51. The molecule has 0 heterocycles. The zero-order valence-electron chi connectivity index (χ0n) is 21.0. The summed E-state index contributed by atoms with van der Waals surface area (Å²) in [7, 11) is 3.22. The topological polar surface area (TPSA) is 44.8 Å². The van der Waals surface area contributed by atoms with Gasteiger partial charge in [-0.3, -0.25) is 4.79 Å². The van der Waals surface area contributed by atoms with Gasteiger partial charge in [-0.15, -0.1) is 0 Å². The molecule has 4 nitrogen and oxygen atoms in total. The molecule has 2 unspecified atom stereocenters. The maximum Gasteiger partial charge on any atom is 0.311 e. The first-order valence-electron chi connectivity index (χ1n) is 11.6. The largest absolute Gasteiger partial charge is 0.489 e. The number of esters is 1. The van der Waals surface area contributed by atoms with Gasteiger partial charge in [0.05, 0.1) is 18.6 Å². The Kier molecular flexibility index (Phi) is 7.95. The number of rotatable bonds is 7. The highest BCUT2D eigenvalue weighted by molar-refractivity contribution is 9.10. The predicted molar refractivity (Wildman–Crippen MR) is 136 cm³/mol. The number of benzene rings is 2. The van der Waals surface area contributed by atoms with Gasteiger partial charge in [-0.05, 0) is 91.0 Å². The Hall–Kier alpha value is -1.85. The zero-order chi connectivity index (χ0) is 24.4. The molecule has 0 spiro atoms. The van der Waals surface area contributed by atoms with Gasteiger partial charge in [-0.2, -0.15) is 0 Å². The van der Waals surface area contributed by atoms with Crippen LogP contribution < -0.4 is 4.74 Å². The van der Waals surface area contributed by atoms with Gasteiger partial charge in [0.15, 0.2) is 0 Å². The van der Waals surface area contributed by atoms with Crippen LogP contribution in [0.15, 0.2) is 40.9 Å². The van der Waals surface area contributed by atoms with Gasteiger partial charge in [-0.1, -0.05) is 48.8 Å². The molecule has 2 aromatic rings. The number of fused-ring (bicyclic) bond motifs is 1. The molecule has 33 heavy (non-hydrogen) atoms. The lowest BCUT2D eigenvalue weighted by Gasteiger charge is -2.36. The van der Waals surface area contributed by atoms with E-state index in [1.165, 1.54) is 18.2 Å². The second-order valence-electron chi connectivity index (χ2n) is 10.6. The fourth-order valence-electron chi connectivity index (χ4n) is 5.02. The third kappa shape index (κ3) is 5.63. The summed E-state index contributed by atoms with van der Waals surface area (Å²) in [5.74, 6) is 0.774. The fraction of sp³-hybridized carbons (Fsp3) is 0.536. The van der Waals surface area contributed by atoms with Crippen molar-refractivity contribution >= 4 is 21.9 Å². The van der Waals surface area contributed by atoms with Crippen LogP contribution in [0.2, 0.25) is 0 Å². The second kappa shape index (κ2) is 10.2. The van der Waals surface area contributed by atoms with E-state index >= 15 is 0 Å². The van der Waals surface area contributed by atoms with E-state index in [0.29, 0.717) is 6.61 Å². The van der Waals surface area contributed by atoms with Gasteiger partial charge in [0.2, 0.25) is 0 Å². The van der Waals surface area contributed by atoms with Crippen molar-refractivity contribution in [1.29, 1.82) is 0 Å². The van der Waals surface area contributed by atoms with Crippen molar-refractivity contribution in [2.24, 2.45) is 10.8 Å². The van der Waals surface area contributed by atoms with E-state index in [1.54, 1.807) is 7.11 Å². The molecule has 0 amide bonds. The molecule has 0 aliphatic heterocycles. The third-order valence-electron chi connectivity index (χ3n) is 6.78. The summed E-state index contributed by atoms with van der Waals surface area (Å²) in [5, 5.41) is 0. The van der Waals surface area contributed by atoms with E-state index in [4.69, 9.17) is 14.2 Å². The number of carbonyl (C=O) groups excluding carboxylic acids is 1. The predicted octanol–water partition coefficient (Wildman–Crippen LogP) is 7.38. The number of ether oxygens (including phenoxy) is 3. The number of hydrogen-bond donors (Lipinski definition) is 0. The van der Waals surface area contributed by atoms with Crippen molar-refractivity contribution in [3.63, 3.8) is 0 Å². The van der Waals surface area contributed by atoms with E-state index in [1.807, 2.05) is 19.9 Å². The van der Waals surface area contributed by atoms with Crippen LogP contribution in [0.5, 0.6) is 5.75 Å². The molecule has 3 rings (SSSR count). The number of hydrogen-bond acceptors (Lipinski definition) is 4. The highest BCUT2D eigenvalue weighted by atomic mass is 79.9. The lowest BCUT2D eigenvalue weighted by molar-refractivity contribution is -0.152. The molecule has 1 aliphatic carbocycles. The summed E-state index contributed by atoms with van der Waals surface area (Å²) in [6, 6.07) is 12.6. The highest BCUT2D eigenvalue weighted by Gasteiger charge is 2.40. The number of halogens is 1. The normalized spacial score (nSPS) is 17.3. The highest BCUT2D eigenvalue weighted by Crippen LogP contribution is 2.45. The Morgan fingerprint density at radius 2 is 1.82 bits per heavy atom. The zero-order valence-corrected chi connectivity index (χ0v) is 22.5. The summed E-state index contributed by atoms with van der Waals surface area (Å²) in [6.07, 6.45) is 3.05. The van der Waals surface area contributed by atoms with E-state index in [0.717, 1.165) is 40.6 Å². The lowest BCUT2D eigenvalue weighted by Crippen LogP contribution is -2.34. The smallest absolute Gasteiger partial charge is 0.311 e. The number of carbonyl (C=O) groups is 1. The van der Waals surface area contributed by atoms with Gasteiger partial charge < -0.3 is 14.2 Å². The van der Waals surface area contributed by atoms with Crippen LogP contribution in [0.25, 0.3) is 0 Å². The molecule has 0 saturated carbocycles. The van der Waals surface area contributed by atoms with Crippen molar-refractivity contribution in [3.8, 4) is 5.75 Å². The Morgan fingerprint density at radius 1 is 1.09 bits per heavy atom. The first kappa shape index (κ1) is 25.8. The van der Waals surface area contributed by atoms with Crippen LogP contribution in [-0.4, -0.2) is 20.2 Å². The first-order chi connectivity index (χ1) is 15.5. The van der Waals surface area contributed by atoms with Crippen LogP contribution in [0.4, 0.5) is 0 Å². The Bertz CT molecular complexity index is 990.